The summed E-state index contributed by atoms with van der Waals surface area (Å²) in [5.41, 5.74) is 5.75. The van der Waals surface area contributed by atoms with Crippen LogP contribution in [0.25, 0.3) is 5.57 Å². The van der Waals surface area contributed by atoms with Gasteiger partial charge in [-0.2, -0.15) is 5.26 Å². The van der Waals surface area contributed by atoms with E-state index in [4.69, 9.17) is 0 Å². The average molecular weight is 449 g/mol. The van der Waals surface area contributed by atoms with Crippen LogP contribution in [0.5, 0.6) is 0 Å². The lowest BCUT2D eigenvalue weighted by Gasteiger charge is -2.41. The Labute approximate surface area is 198 Å². The first kappa shape index (κ1) is 21.7. The van der Waals surface area contributed by atoms with Gasteiger partial charge in [-0.1, -0.05) is 42.5 Å². The zero-order valence-electron chi connectivity index (χ0n) is 18.9. The molecule has 168 valence electrons. The van der Waals surface area contributed by atoms with Crippen LogP contribution in [0.2, 0.25) is 0 Å². The number of nitrogens with zero attached hydrogens (tertiary/aromatic N) is 4. The van der Waals surface area contributed by atoms with E-state index in [2.05, 4.69) is 22.8 Å². The number of fused-ring (bicyclic) bond motifs is 2. The Morgan fingerprint density at radius 1 is 1.21 bits per heavy atom. The van der Waals surface area contributed by atoms with Crippen molar-refractivity contribution < 1.29 is 9.90 Å². The molecular formula is C28H24N4O2. The highest BCUT2D eigenvalue weighted by Gasteiger charge is 2.58. The number of aromatic nitrogens is 1. The minimum Gasteiger partial charge on any atom is -0.393 e. The maximum absolute atomic E-state index is 13.7. The molecule has 34 heavy (non-hydrogen) atoms. The predicted molar refractivity (Wildman–Crippen MR) is 131 cm³/mol. The van der Waals surface area contributed by atoms with Gasteiger partial charge in [-0.25, -0.2) is 4.98 Å². The fraction of sp³-hybridized carbons (Fsp3) is 0.214. The van der Waals surface area contributed by atoms with Crippen molar-refractivity contribution in [2.75, 3.05) is 11.4 Å². The van der Waals surface area contributed by atoms with E-state index < -0.39 is 11.5 Å². The third-order valence-corrected chi connectivity index (χ3v) is 6.90. The number of para-hydroxylation sites is 1. The summed E-state index contributed by atoms with van der Waals surface area (Å²) in [6, 6.07) is 21.3. The van der Waals surface area contributed by atoms with Crippen molar-refractivity contribution in [1.82, 2.24) is 4.98 Å². The Hall–Kier alpha value is -4.08. The molecule has 1 N–H and O–H groups in total. The van der Waals surface area contributed by atoms with E-state index in [9.17, 15) is 15.2 Å². The largest absolute Gasteiger partial charge is 0.393 e. The number of amides is 1. The maximum atomic E-state index is 13.7. The molecule has 1 spiro atoms. The van der Waals surface area contributed by atoms with Gasteiger partial charge in [-0.05, 0) is 61.4 Å². The zero-order chi connectivity index (χ0) is 23.9. The van der Waals surface area contributed by atoms with Crippen LogP contribution < -0.4 is 4.90 Å². The minimum atomic E-state index is -0.666. The van der Waals surface area contributed by atoms with Gasteiger partial charge in [0.05, 0.1) is 23.8 Å². The van der Waals surface area contributed by atoms with Crippen LogP contribution >= 0.6 is 0 Å². The molecule has 0 atom stereocenters. The van der Waals surface area contributed by atoms with Crippen LogP contribution in [-0.4, -0.2) is 35.4 Å². The average Bonchev–Trinajstić information content (AvgIpc) is 3.08. The number of anilines is 1. The molecule has 1 aromatic heterocycles. The molecular weight excluding hydrogens is 424 g/mol. The number of carbonyl (C=O) groups is 1. The molecule has 5 rings (SSSR count). The first-order valence-corrected chi connectivity index (χ1v) is 11.2. The van der Waals surface area contributed by atoms with Gasteiger partial charge in [0.25, 0.3) is 0 Å². The lowest BCUT2D eigenvalue weighted by atomic mass is 9.63. The molecule has 0 bridgehead atoms. The molecule has 1 saturated carbocycles. The molecule has 1 aliphatic carbocycles. The first-order valence-electron chi connectivity index (χ1n) is 11.2. The second-order valence-electron chi connectivity index (χ2n) is 8.89. The van der Waals surface area contributed by atoms with E-state index in [-0.39, 0.29) is 12.5 Å². The van der Waals surface area contributed by atoms with Crippen LogP contribution in [0.3, 0.4) is 0 Å². The van der Waals surface area contributed by atoms with E-state index in [1.165, 1.54) is 0 Å². The smallest absolute Gasteiger partial charge is 0.238 e. The van der Waals surface area contributed by atoms with Gasteiger partial charge < -0.3 is 10.0 Å². The minimum absolute atomic E-state index is 0.0118. The van der Waals surface area contributed by atoms with Crippen molar-refractivity contribution in [3.8, 4) is 6.07 Å². The van der Waals surface area contributed by atoms with Gasteiger partial charge in [0.15, 0.2) is 0 Å². The Bertz CT molecular complexity index is 1360. The summed E-state index contributed by atoms with van der Waals surface area (Å²) in [5, 5.41) is 19.2. The summed E-state index contributed by atoms with van der Waals surface area (Å²) in [6.07, 6.45) is 2.07. The van der Waals surface area contributed by atoms with Gasteiger partial charge in [0, 0.05) is 23.0 Å². The number of aliphatic imine (C=N–C) groups is 1. The number of rotatable bonds is 5. The lowest BCUT2D eigenvalue weighted by Crippen LogP contribution is -2.52. The van der Waals surface area contributed by atoms with Crippen molar-refractivity contribution in [3.63, 3.8) is 0 Å². The van der Waals surface area contributed by atoms with Crippen molar-refractivity contribution in [3.05, 3.63) is 101 Å². The van der Waals surface area contributed by atoms with Crippen molar-refractivity contribution in [2.24, 2.45) is 4.99 Å². The Morgan fingerprint density at radius 2 is 1.94 bits per heavy atom. The summed E-state index contributed by atoms with van der Waals surface area (Å²) in [6.45, 7) is 6.10. The topological polar surface area (TPSA) is 89.6 Å². The van der Waals surface area contributed by atoms with E-state index in [0.29, 0.717) is 24.2 Å². The number of carbonyl (C=O) groups excluding carboxylic acids is 1. The van der Waals surface area contributed by atoms with Crippen LogP contribution in [0.4, 0.5) is 5.69 Å². The van der Waals surface area contributed by atoms with Crippen LogP contribution in [0.15, 0.2) is 77.5 Å². The molecule has 1 fully saturated rings. The quantitative estimate of drug-likeness (QED) is 0.594. The number of benzene rings is 2. The molecule has 1 aliphatic heterocycles. The van der Waals surface area contributed by atoms with E-state index in [1.54, 1.807) is 17.2 Å². The van der Waals surface area contributed by atoms with E-state index >= 15 is 0 Å². The van der Waals surface area contributed by atoms with Crippen LogP contribution in [-0.2, 0) is 10.2 Å². The third kappa shape index (κ3) is 3.33. The molecule has 6 nitrogen and oxygen atoms in total. The highest BCUT2D eigenvalue weighted by molar-refractivity contribution is 6.09. The SMILES string of the molecule is C=N/C(CN1C(=O)C2(CC(O)C2)c2ccccc21)=C(/c1ccc(C#N)nc1)c1ccccc1C. The standard InChI is InChI=1S/C28H24N4O2/c1-18-7-3-4-8-22(18)26(19-11-12-20(15-29)31-16-19)24(30-2)17-32-25-10-6-5-9-23(25)28(27(32)34)13-21(33)14-28/h3-12,16,21,33H,2,13-14,17H2,1H3/b26-24-. The summed E-state index contributed by atoms with van der Waals surface area (Å²) in [4.78, 5) is 24.1. The van der Waals surface area contributed by atoms with Crippen molar-refractivity contribution in [1.29, 1.82) is 5.26 Å². The van der Waals surface area contributed by atoms with Crippen molar-refractivity contribution in [2.45, 2.75) is 31.3 Å². The van der Waals surface area contributed by atoms with E-state index in [1.807, 2.05) is 61.5 Å². The Kier molecular flexibility index (Phi) is 5.35. The maximum Gasteiger partial charge on any atom is 0.238 e. The monoisotopic (exact) mass is 448 g/mol. The molecule has 0 unspecified atom stereocenters. The van der Waals surface area contributed by atoms with Crippen LogP contribution in [0.1, 0.15) is 40.8 Å². The molecule has 0 radical (unpaired) electrons. The fourth-order valence-corrected chi connectivity index (χ4v) is 5.19. The number of aliphatic hydroxyl groups excluding tert-OH is 1. The molecule has 2 aromatic carbocycles. The van der Waals surface area contributed by atoms with Crippen molar-refractivity contribution >= 4 is 23.9 Å². The summed E-state index contributed by atoms with van der Waals surface area (Å²) in [7, 11) is 0. The number of hydrogen-bond acceptors (Lipinski definition) is 5. The summed E-state index contributed by atoms with van der Waals surface area (Å²) >= 11 is 0. The number of aliphatic hydroxyl groups is 1. The number of hydrogen-bond donors (Lipinski definition) is 1. The second-order valence-corrected chi connectivity index (χ2v) is 8.89. The van der Waals surface area contributed by atoms with E-state index in [0.717, 1.165) is 33.5 Å². The molecule has 2 aliphatic rings. The number of nitriles is 1. The zero-order valence-corrected chi connectivity index (χ0v) is 18.9. The summed E-state index contributed by atoms with van der Waals surface area (Å²) < 4.78 is 0. The molecule has 2 heterocycles. The van der Waals surface area contributed by atoms with Gasteiger partial charge in [0.2, 0.25) is 5.91 Å². The third-order valence-electron chi connectivity index (χ3n) is 6.90. The predicted octanol–water partition coefficient (Wildman–Crippen LogP) is 4.16. The van der Waals surface area contributed by atoms with Gasteiger partial charge >= 0.3 is 0 Å². The highest BCUT2D eigenvalue weighted by Crippen LogP contribution is 2.53. The van der Waals surface area contributed by atoms with Gasteiger partial charge in [-0.3, -0.25) is 9.79 Å². The first-order chi connectivity index (χ1) is 16.5. The molecule has 0 saturated heterocycles. The molecule has 3 aromatic rings. The Balaban J connectivity index is 1.65. The normalized spacial score (nSPS) is 21.5. The number of pyridine rings is 1. The lowest BCUT2D eigenvalue weighted by molar-refractivity contribution is -0.130. The molecule has 1 amide bonds. The van der Waals surface area contributed by atoms with Gasteiger partial charge in [0.1, 0.15) is 11.8 Å². The van der Waals surface area contributed by atoms with Gasteiger partial charge in [-0.15, -0.1) is 0 Å². The molecule has 6 heteroatoms. The van der Waals surface area contributed by atoms with Crippen LogP contribution in [0, 0.1) is 18.3 Å². The highest BCUT2D eigenvalue weighted by atomic mass is 16.3. The fourth-order valence-electron chi connectivity index (χ4n) is 5.19. The number of aryl methyl sites for hydroxylation is 1. The second kappa shape index (κ2) is 8.36. The summed E-state index contributed by atoms with van der Waals surface area (Å²) in [5.74, 6) is -0.0118. The Morgan fingerprint density at radius 3 is 2.59 bits per heavy atom.